The van der Waals surface area contributed by atoms with E-state index in [1.54, 1.807) is 32.4 Å². The molecule has 5 heteroatoms. The molecule has 1 aromatic carbocycles. The molecule has 1 heterocycles. The van der Waals surface area contributed by atoms with Gasteiger partial charge in [-0.1, -0.05) is 0 Å². The zero-order valence-electron chi connectivity index (χ0n) is 11.2. The van der Waals surface area contributed by atoms with Crippen LogP contribution in [0.2, 0.25) is 0 Å². The summed E-state index contributed by atoms with van der Waals surface area (Å²) in [6, 6.07) is 11.4. The largest absolute Gasteiger partial charge is 0.493 e. The summed E-state index contributed by atoms with van der Waals surface area (Å²) in [5.74, 6) is 1.25. The Bertz CT molecular complexity index is 628. The van der Waals surface area contributed by atoms with Crippen molar-refractivity contribution in [2.24, 2.45) is 0 Å². The fourth-order valence-electron chi connectivity index (χ4n) is 1.77. The summed E-state index contributed by atoms with van der Waals surface area (Å²) in [4.78, 5) is 3.04. The predicted octanol–water partition coefficient (Wildman–Crippen LogP) is 3.52. The smallest absolute Gasteiger partial charge is 0.161 e. The van der Waals surface area contributed by atoms with Crippen LogP contribution in [-0.4, -0.2) is 19.2 Å². The van der Waals surface area contributed by atoms with Crippen LogP contribution in [0, 0.1) is 11.3 Å². The quantitative estimate of drug-likeness (QED) is 0.877. The van der Waals surface area contributed by atoms with Crippen molar-refractivity contribution in [1.82, 2.24) is 4.98 Å². The molecule has 0 bridgehead atoms. The van der Waals surface area contributed by atoms with Gasteiger partial charge in [0.2, 0.25) is 0 Å². The summed E-state index contributed by atoms with van der Waals surface area (Å²) in [6.07, 6.45) is 3.61. The molecule has 1 aromatic heterocycles. The molecule has 0 saturated carbocycles. The van der Waals surface area contributed by atoms with Gasteiger partial charge in [0, 0.05) is 11.9 Å². The van der Waals surface area contributed by atoms with Crippen molar-refractivity contribution in [3.05, 3.63) is 47.8 Å². The van der Waals surface area contributed by atoms with E-state index in [2.05, 4.69) is 11.1 Å². The Hall–Kier alpha value is -2.38. The van der Waals surface area contributed by atoms with Gasteiger partial charge in [0.05, 0.1) is 25.9 Å². The molecule has 2 rings (SSSR count). The predicted molar refractivity (Wildman–Crippen MR) is 81.1 cm³/mol. The number of nitriles is 1. The highest BCUT2D eigenvalue weighted by molar-refractivity contribution is 5.89. The molecule has 0 fully saturated rings. The van der Waals surface area contributed by atoms with E-state index in [0.29, 0.717) is 17.1 Å². The molecule has 4 nitrogen and oxygen atoms in total. The lowest BCUT2D eigenvalue weighted by molar-refractivity contribution is 0.355. The maximum atomic E-state index is 9.26. The summed E-state index contributed by atoms with van der Waals surface area (Å²) in [6.45, 7) is 0. The topological polar surface area (TPSA) is 58.0 Å². The van der Waals surface area contributed by atoms with E-state index in [0.717, 1.165) is 11.3 Å². The fraction of sp³-hybridized carbons (Fsp3) is 0.133. The molecule has 0 spiro atoms. The van der Waals surface area contributed by atoms with E-state index >= 15 is 0 Å². The number of nitrogens with zero attached hydrogens (tertiary/aromatic N) is 1. The van der Waals surface area contributed by atoms with Crippen molar-refractivity contribution in [3.63, 3.8) is 0 Å². The number of hydrogen-bond acceptors (Lipinski definition) is 3. The van der Waals surface area contributed by atoms with E-state index in [1.165, 1.54) is 0 Å². The third kappa shape index (κ3) is 3.34. The first kappa shape index (κ1) is 15.7. The summed E-state index contributed by atoms with van der Waals surface area (Å²) in [7, 11) is 3.15. The zero-order valence-corrected chi connectivity index (χ0v) is 12.0. The van der Waals surface area contributed by atoms with Crippen LogP contribution in [0.3, 0.4) is 0 Å². The highest BCUT2D eigenvalue weighted by atomic mass is 35.5. The second-order valence-electron chi connectivity index (χ2n) is 3.87. The number of allylic oxidation sites excluding steroid dienone is 1. The second-order valence-corrected chi connectivity index (χ2v) is 3.87. The molecule has 0 unspecified atom stereocenters. The Balaban J connectivity index is 0.00000200. The molecular weight excluding hydrogens is 276 g/mol. The Morgan fingerprint density at radius 2 is 1.95 bits per heavy atom. The normalized spacial score (nSPS) is 10.3. The van der Waals surface area contributed by atoms with E-state index in [9.17, 15) is 5.26 Å². The molecule has 20 heavy (non-hydrogen) atoms. The first-order valence-electron chi connectivity index (χ1n) is 5.76. The van der Waals surface area contributed by atoms with Crippen LogP contribution in [0.25, 0.3) is 11.6 Å². The lowest BCUT2D eigenvalue weighted by Gasteiger charge is -2.08. The number of nitrogens with one attached hydrogen (secondary N) is 1. The molecule has 104 valence electrons. The van der Waals surface area contributed by atoms with Gasteiger partial charge in [-0.2, -0.15) is 5.26 Å². The standard InChI is InChI=1S/C15H14N2O2.ClH/c1-18-14-6-5-11(9-15(14)19-2)12(10-16)8-13-4-3-7-17-13;/h3-9,17H,1-2H3;1H. The van der Waals surface area contributed by atoms with Crippen LogP contribution in [0.1, 0.15) is 11.3 Å². The lowest BCUT2D eigenvalue weighted by atomic mass is 10.1. The van der Waals surface area contributed by atoms with Gasteiger partial charge in [-0.15, -0.1) is 12.4 Å². The molecule has 1 N–H and O–H groups in total. The van der Waals surface area contributed by atoms with Gasteiger partial charge in [0.1, 0.15) is 0 Å². The SMILES string of the molecule is COc1ccc(C(C#N)=Cc2ccc[nH]2)cc1OC.Cl. The highest BCUT2D eigenvalue weighted by Gasteiger charge is 2.08. The molecule has 0 atom stereocenters. The summed E-state index contributed by atoms with van der Waals surface area (Å²) >= 11 is 0. The number of rotatable bonds is 4. The first-order valence-corrected chi connectivity index (χ1v) is 5.76. The maximum Gasteiger partial charge on any atom is 0.161 e. The number of ether oxygens (including phenoxy) is 2. The van der Waals surface area contributed by atoms with E-state index in [4.69, 9.17) is 9.47 Å². The van der Waals surface area contributed by atoms with E-state index in [1.807, 2.05) is 24.4 Å². The Morgan fingerprint density at radius 3 is 2.50 bits per heavy atom. The average molecular weight is 291 g/mol. The van der Waals surface area contributed by atoms with Crippen molar-refractivity contribution in [1.29, 1.82) is 5.26 Å². The third-order valence-electron chi connectivity index (χ3n) is 2.74. The number of aromatic nitrogens is 1. The first-order chi connectivity index (χ1) is 9.28. The minimum Gasteiger partial charge on any atom is -0.493 e. The third-order valence-corrected chi connectivity index (χ3v) is 2.74. The number of benzene rings is 1. The number of aromatic amines is 1. The van der Waals surface area contributed by atoms with Crippen LogP contribution < -0.4 is 9.47 Å². The maximum absolute atomic E-state index is 9.26. The zero-order chi connectivity index (χ0) is 13.7. The number of hydrogen-bond donors (Lipinski definition) is 1. The molecule has 0 aliphatic carbocycles. The van der Waals surface area contributed by atoms with Crippen LogP contribution in [0.5, 0.6) is 11.5 Å². The monoisotopic (exact) mass is 290 g/mol. The highest BCUT2D eigenvalue weighted by Crippen LogP contribution is 2.30. The number of methoxy groups -OCH3 is 2. The minimum absolute atomic E-state index is 0. The Morgan fingerprint density at radius 1 is 1.20 bits per heavy atom. The number of halogens is 1. The molecule has 0 saturated heterocycles. The van der Waals surface area contributed by atoms with Crippen molar-refractivity contribution < 1.29 is 9.47 Å². The van der Waals surface area contributed by atoms with Gasteiger partial charge in [0.25, 0.3) is 0 Å². The van der Waals surface area contributed by atoms with Gasteiger partial charge in [-0.05, 0) is 42.0 Å². The van der Waals surface area contributed by atoms with Gasteiger partial charge in [-0.25, -0.2) is 0 Å². The van der Waals surface area contributed by atoms with Crippen LogP contribution in [-0.2, 0) is 0 Å². The lowest BCUT2D eigenvalue weighted by Crippen LogP contribution is -1.92. The van der Waals surface area contributed by atoms with Crippen molar-refractivity contribution in [2.45, 2.75) is 0 Å². The van der Waals surface area contributed by atoms with Crippen LogP contribution >= 0.6 is 12.4 Å². The average Bonchev–Trinajstić information content (AvgIpc) is 2.97. The van der Waals surface area contributed by atoms with Crippen molar-refractivity contribution >= 4 is 24.1 Å². The van der Waals surface area contributed by atoms with Crippen molar-refractivity contribution in [2.75, 3.05) is 14.2 Å². The molecule has 0 aliphatic heterocycles. The Kier molecular flexibility index (Phi) is 5.70. The van der Waals surface area contributed by atoms with Crippen molar-refractivity contribution in [3.8, 4) is 17.6 Å². The molecule has 0 amide bonds. The molecule has 0 aliphatic rings. The van der Waals surface area contributed by atoms with Gasteiger partial charge < -0.3 is 14.5 Å². The minimum atomic E-state index is 0. The number of H-pyrrole nitrogens is 1. The second kappa shape index (κ2) is 7.27. The van der Waals surface area contributed by atoms with Crippen LogP contribution in [0.4, 0.5) is 0 Å². The molecule has 2 aromatic rings. The van der Waals surface area contributed by atoms with Gasteiger partial charge >= 0.3 is 0 Å². The van der Waals surface area contributed by atoms with E-state index < -0.39 is 0 Å². The fourth-order valence-corrected chi connectivity index (χ4v) is 1.77. The van der Waals surface area contributed by atoms with E-state index in [-0.39, 0.29) is 12.4 Å². The Labute approximate surface area is 124 Å². The summed E-state index contributed by atoms with van der Waals surface area (Å²) in [5.41, 5.74) is 2.23. The van der Waals surface area contributed by atoms with Gasteiger partial charge in [-0.3, -0.25) is 0 Å². The molecular formula is C15H15ClN2O2. The molecule has 0 radical (unpaired) electrons. The van der Waals surface area contributed by atoms with Gasteiger partial charge in [0.15, 0.2) is 11.5 Å². The summed E-state index contributed by atoms with van der Waals surface area (Å²) in [5, 5.41) is 9.26. The van der Waals surface area contributed by atoms with Crippen LogP contribution in [0.15, 0.2) is 36.5 Å². The summed E-state index contributed by atoms with van der Waals surface area (Å²) < 4.78 is 10.4.